The number of rotatable bonds is 3. The molecule has 9 nitrogen and oxygen atoms in total. The first-order valence-corrected chi connectivity index (χ1v) is 7.21. The Morgan fingerprint density at radius 1 is 1.43 bits per heavy atom. The lowest BCUT2D eigenvalue weighted by Gasteiger charge is -2.32. The molecule has 1 saturated heterocycles. The first-order valence-electron chi connectivity index (χ1n) is 7.21. The van der Waals surface area contributed by atoms with Crippen LogP contribution < -0.4 is 10.2 Å². The topological polar surface area (TPSA) is 96.6 Å². The molecule has 1 atom stereocenters. The molecule has 0 aliphatic carbocycles. The first kappa shape index (κ1) is 15.2. The van der Waals surface area contributed by atoms with Crippen molar-refractivity contribution in [2.75, 3.05) is 44.0 Å². The van der Waals surface area contributed by atoms with Crippen LogP contribution in [-0.4, -0.2) is 59.8 Å². The number of morpholine rings is 1. The van der Waals surface area contributed by atoms with Gasteiger partial charge in [0, 0.05) is 32.9 Å². The molecule has 1 fully saturated rings. The van der Waals surface area contributed by atoms with E-state index in [0.29, 0.717) is 31.5 Å². The standard InChI is InChI=1S/C14H18N6O3/c1-19(2)13-15-5-3-10(16-13)11-9-20(6-8-22-11)14(21)17-12-4-7-23-18-12/h3-5,7,11H,6,8-9H2,1-2H3,(H,17,18,21)/t11-/m1/s1. The van der Waals surface area contributed by atoms with Crippen LogP contribution in [0.4, 0.5) is 16.6 Å². The van der Waals surface area contributed by atoms with Crippen LogP contribution in [-0.2, 0) is 4.74 Å². The van der Waals surface area contributed by atoms with Crippen molar-refractivity contribution in [3.05, 3.63) is 30.3 Å². The van der Waals surface area contributed by atoms with Gasteiger partial charge in [0.2, 0.25) is 5.95 Å². The second-order valence-electron chi connectivity index (χ2n) is 5.30. The summed E-state index contributed by atoms with van der Waals surface area (Å²) < 4.78 is 10.4. The van der Waals surface area contributed by atoms with E-state index >= 15 is 0 Å². The molecule has 0 bridgehead atoms. The fourth-order valence-corrected chi connectivity index (χ4v) is 2.24. The minimum atomic E-state index is -0.284. The average molecular weight is 318 g/mol. The fraction of sp³-hybridized carbons (Fsp3) is 0.429. The zero-order valence-electron chi connectivity index (χ0n) is 13.0. The van der Waals surface area contributed by atoms with Crippen LogP contribution >= 0.6 is 0 Å². The maximum atomic E-state index is 12.3. The highest BCUT2D eigenvalue weighted by molar-refractivity contribution is 5.88. The monoisotopic (exact) mass is 318 g/mol. The zero-order chi connectivity index (χ0) is 16.2. The number of carbonyl (C=O) groups excluding carboxylic acids is 1. The van der Waals surface area contributed by atoms with Gasteiger partial charge in [-0.1, -0.05) is 5.16 Å². The minimum Gasteiger partial charge on any atom is -0.368 e. The lowest BCUT2D eigenvalue weighted by Crippen LogP contribution is -2.44. The summed E-state index contributed by atoms with van der Waals surface area (Å²) in [6, 6.07) is 3.15. The highest BCUT2D eigenvalue weighted by Gasteiger charge is 2.27. The Bertz CT molecular complexity index is 660. The number of carbonyl (C=O) groups is 1. The summed E-state index contributed by atoms with van der Waals surface area (Å²) in [5.41, 5.74) is 0.752. The second kappa shape index (κ2) is 6.61. The normalized spacial score (nSPS) is 17.8. The Morgan fingerprint density at radius 3 is 3.04 bits per heavy atom. The van der Waals surface area contributed by atoms with E-state index in [2.05, 4.69) is 20.4 Å². The highest BCUT2D eigenvalue weighted by Crippen LogP contribution is 2.22. The molecule has 2 aromatic rings. The number of amides is 2. The Balaban J connectivity index is 1.68. The van der Waals surface area contributed by atoms with Crippen molar-refractivity contribution < 1.29 is 14.1 Å². The number of aromatic nitrogens is 3. The SMILES string of the molecule is CN(C)c1nccc([C@H]2CN(C(=O)Nc3ccon3)CCO2)n1. The quantitative estimate of drug-likeness (QED) is 0.906. The summed E-state index contributed by atoms with van der Waals surface area (Å²) in [4.78, 5) is 24.4. The van der Waals surface area contributed by atoms with E-state index in [0.717, 1.165) is 5.69 Å². The van der Waals surface area contributed by atoms with Gasteiger partial charge in [0.05, 0.1) is 18.8 Å². The number of ether oxygens (including phenoxy) is 1. The van der Waals surface area contributed by atoms with Gasteiger partial charge in [-0.05, 0) is 6.07 Å². The van der Waals surface area contributed by atoms with Gasteiger partial charge in [0.1, 0.15) is 12.4 Å². The highest BCUT2D eigenvalue weighted by atomic mass is 16.5. The van der Waals surface area contributed by atoms with E-state index in [9.17, 15) is 4.79 Å². The van der Waals surface area contributed by atoms with E-state index in [1.807, 2.05) is 19.0 Å². The molecule has 0 aromatic carbocycles. The van der Waals surface area contributed by atoms with Crippen LogP contribution in [0.15, 0.2) is 29.1 Å². The number of nitrogens with one attached hydrogen (secondary N) is 1. The zero-order valence-corrected chi connectivity index (χ0v) is 13.0. The van der Waals surface area contributed by atoms with E-state index in [-0.39, 0.29) is 12.1 Å². The van der Waals surface area contributed by atoms with Crippen molar-refractivity contribution in [1.29, 1.82) is 0 Å². The van der Waals surface area contributed by atoms with Gasteiger partial charge in [0.15, 0.2) is 5.82 Å². The van der Waals surface area contributed by atoms with Gasteiger partial charge in [0.25, 0.3) is 0 Å². The maximum absolute atomic E-state index is 12.3. The predicted molar refractivity (Wildman–Crippen MR) is 82.1 cm³/mol. The third-order valence-corrected chi connectivity index (χ3v) is 3.42. The van der Waals surface area contributed by atoms with Crippen LogP contribution in [0.1, 0.15) is 11.8 Å². The summed E-state index contributed by atoms with van der Waals surface area (Å²) in [7, 11) is 3.75. The lowest BCUT2D eigenvalue weighted by atomic mass is 10.2. The third-order valence-electron chi connectivity index (χ3n) is 3.42. The Kier molecular flexibility index (Phi) is 4.38. The molecular weight excluding hydrogens is 300 g/mol. The van der Waals surface area contributed by atoms with Gasteiger partial charge in [-0.25, -0.2) is 14.8 Å². The van der Waals surface area contributed by atoms with Crippen LogP contribution in [0.25, 0.3) is 0 Å². The molecule has 9 heteroatoms. The molecule has 0 spiro atoms. The van der Waals surface area contributed by atoms with Crippen molar-refractivity contribution in [3.8, 4) is 0 Å². The molecule has 2 amide bonds. The Hall–Kier alpha value is -2.68. The molecule has 23 heavy (non-hydrogen) atoms. The average Bonchev–Trinajstić information content (AvgIpc) is 3.08. The largest absolute Gasteiger partial charge is 0.368 e. The molecule has 3 rings (SSSR count). The number of hydrogen-bond donors (Lipinski definition) is 1. The molecule has 2 aromatic heterocycles. The Morgan fingerprint density at radius 2 is 2.30 bits per heavy atom. The van der Waals surface area contributed by atoms with Crippen LogP contribution in [0.5, 0.6) is 0 Å². The van der Waals surface area contributed by atoms with Gasteiger partial charge < -0.3 is 19.1 Å². The second-order valence-corrected chi connectivity index (χ2v) is 5.30. The predicted octanol–water partition coefficient (Wildman–Crippen LogP) is 1.14. The molecular formula is C14H18N6O3. The molecule has 1 aliphatic rings. The van der Waals surface area contributed by atoms with Crippen LogP contribution in [0.2, 0.25) is 0 Å². The lowest BCUT2D eigenvalue weighted by molar-refractivity contribution is -0.0157. The van der Waals surface area contributed by atoms with Crippen LogP contribution in [0, 0.1) is 0 Å². The van der Waals surface area contributed by atoms with Gasteiger partial charge >= 0.3 is 6.03 Å². The molecule has 122 valence electrons. The van der Waals surface area contributed by atoms with Crippen molar-refractivity contribution in [1.82, 2.24) is 20.0 Å². The molecule has 0 radical (unpaired) electrons. The van der Waals surface area contributed by atoms with E-state index in [1.165, 1.54) is 6.26 Å². The van der Waals surface area contributed by atoms with Gasteiger partial charge in [-0.3, -0.25) is 5.32 Å². The maximum Gasteiger partial charge on any atom is 0.323 e. The fourth-order valence-electron chi connectivity index (χ4n) is 2.24. The Labute approximate surface area is 133 Å². The third kappa shape index (κ3) is 3.57. The van der Waals surface area contributed by atoms with Crippen molar-refractivity contribution in [2.24, 2.45) is 0 Å². The molecule has 0 unspecified atom stereocenters. The molecule has 1 N–H and O–H groups in total. The first-order chi connectivity index (χ1) is 11.1. The van der Waals surface area contributed by atoms with Crippen molar-refractivity contribution in [2.45, 2.75) is 6.10 Å². The molecule has 1 aliphatic heterocycles. The summed E-state index contributed by atoms with van der Waals surface area (Å²) in [6.07, 6.45) is 2.81. The summed E-state index contributed by atoms with van der Waals surface area (Å²) in [5.74, 6) is 0.991. The minimum absolute atomic E-state index is 0.242. The number of anilines is 2. The summed E-state index contributed by atoms with van der Waals surface area (Å²) >= 11 is 0. The van der Waals surface area contributed by atoms with Crippen LogP contribution in [0.3, 0.4) is 0 Å². The number of urea groups is 1. The van der Waals surface area contributed by atoms with Gasteiger partial charge in [-0.2, -0.15) is 0 Å². The number of hydrogen-bond acceptors (Lipinski definition) is 7. The van der Waals surface area contributed by atoms with Gasteiger partial charge in [-0.15, -0.1) is 0 Å². The number of nitrogens with zero attached hydrogens (tertiary/aromatic N) is 5. The summed E-state index contributed by atoms with van der Waals surface area (Å²) in [5, 5.41) is 6.35. The summed E-state index contributed by atoms with van der Waals surface area (Å²) in [6.45, 7) is 1.36. The van der Waals surface area contributed by atoms with E-state index < -0.39 is 0 Å². The van der Waals surface area contributed by atoms with E-state index in [4.69, 9.17) is 9.26 Å². The van der Waals surface area contributed by atoms with Crippen molar-refractivity contribution in [3.63, 3.8) is 0 Å². The molecule has 3 heterocycles. The van der Waals surface area contributed by atoms with Crippen molar-refractivity contribution >= 4 is 17.8 Å². The molecule has 0 saturated carbocycles. The smallest absolute Gasteiger partial charge is 0.323 e. The van der Waals surface area contributed by atoms with E-state index in [1.54, 1.807) is 23.2 Å².